The number of anilines is 1. The number of hydrogen-bond donors (Lipinski definition) is 0. The number of ketones is 2. The Labute approximate surface area is 202 Å². The van der Waals surface area contributed by atoms with Crippen LogP contribution >= 0.6 is 11.3 Å². The molecule has 3 heterocycles. The number of Topliss-reactive ketones (excluding diaryl/α,β-unsaturated/α-hetero) is 2. The average Bonchev–Trinajstić information content (AvgIpc) is 3.50. The lowest BCUT2D eigenvalue weighted by Gasteiger charge is -2.24. The molecule has 0 N–H and O–H groups in total. The summed E-state index contributed by atoms with van der Waals surface area (Å²) in [5.74, 6) is -4.63. The predicted octanol–water partition coefficient (Wildman–Crippen LogP) is 3.59. The number of aryl methyl sites for hydroxylation is 2. The summed E-state index contributed by atoms with van der Waals surface area (Å²) in [5, 5.41) is 11.4. The fraction of sp³-hybridized carbons (Fsp3) is 0.261. The summed E-state index contributed by atoms with van der Waals surface area (Å²) in [4.78, 5) is 68.2. The number of carbonyl (C=O) groups excluding carboxylic acids is 4. The fourth-order valence-corrected chi connectivity index (χ4v) is 4.89. The Morgan fingerprint density at radius 2 is 1.97 bits per heavy atom. The van der Waals surface area contributed by atoms with E-state index in [0.29, 0.717) is 5.76 Å². The molecular weight excluding hydrogens is 478 g/mol. The minimum absolute atomic E-state index is 0.00802. The van der Waals surface area contributed by atoms with E-state index in [2.05, 4.69) is 4.98 Å². The molecule has 2 atom stereocenters. The van der Waals surface area contributed by atoms with Gasteiger partial charge in [-0.2, -0.15) is 0 Å². The smallest absolute Gasteiger partial charge is 0.350 e. The zero-order chi connectivity index (χ0) is 25.4. The number of furan rings is 1. The topological polar surface area (TPSA) is 150 Å². The third-order valence-electron chi connectivity index (χ3n) is 5.45. The van der Waals surface area contributed by atoms with Crippen LogP contribution in [0.3, 0.4) is 0 Å². The summed E-state index contributed by atoms with van der Waals surface area (Å²) in [7, 11) is 0. The first kappa shape index (κ1) is 24.0. The summed E-state index contributed by atoms with van der Waals surface area (Å²) in [5.41, 5.74) is 0.181. The van der Waals surface area contributed by atoms with Gasteiger partial charge in [-0.15, -0.1) is 0 Å². The number of rotatable bonds is 7. The molecule has 0 radical (unpaired) electrons. The van der Waals surface area contributed by atoms with Crippen LogP contribution < -0.4 is 4.90 Å². The largest absolute Gasteiger partial charge is 0.462 e. The van der Waals surface area contributed by atoms with Crippen LogP contribution in [0.4, 0.5) is 10.8 Å². The molecule has 0 aliphatic carbocycles. The van der Waals surface area contributed by atoms with E-state index in [1.807, 2.05) is 0 Å². The van der Waals surface area contributed by atoms with Crippen molar-refractivity contribution in [1.29, 1.82) is 0 Å². The van der Waals surface area contributed by atoms with Crippen molar-refractivity contribution in [1.82, 2.24) is 4.98 Å². The number of hydrogen-bond acceptors (Lipinski definition) is 10. The van der Waals surface area contributed by atoms with Gasteiger partial charge in [-0.05, 0) is 38.5 Å². The highest BCUT2D eigenvalue weighted by Gasteiger charge is 2.54. The second-order valence-corrected chi connectivity index (χ2v) is 8.70. The van der Waals surface area contributed by atoms with Gasteiger partial charge in [0, 0.05) is 12.1 Å². The molecule has 1 aliphatic heterocycles. The van der Waals surface area contributed by atoms with Crippen molar-refractivity contribution < 1.29 is 33.3 Å². The Bertz CT molecular complexity index is 1370. The van der Waals surface area contributed by atoms with Crippen LogP contribution in [0.1, 0.15) is 50.2 Å². The summed E-state index contributed by atoms with van der Waals surface area (Å²) in [6, 6.07) is 7.04. The second-order valence-electron chi connectivity index (χ2n) is 7.72. The van der Waals surface area contributed by atoms with Crippen LogP contribution in [0, 0.1) is 29.9 Å². The first-order valence-electron chi connectivity index (χ1n) is 10.5. The number of esters is 1. The Morgan fingerprint density at radius 1 is 1.23 bits per heavy atom. The minimum atomic E-state index is -1.54. The van der Waals surface area contributed by atoms with E-state index in [1.54, 1.807) is 26.8 Å². The van der Waals surface area contributed by atoms with Crippen molar-refractivity contribution in [3.63, 3.8) is 0 Å². The maximum atomic E-state index is 13.3. The number of ether oxygens (including phenoxy) is 1. The Kier molecular flexibility index (Phi) is 6.31. The van der Waals surface area contributed by atoms with Crippen molar-refractivity contribution >= 4 is 45.6 Å². The van der Waals surface area contributed by atoms with E-state index in [1.165, 1.54) is 30.3 Å². The molecule has 0 bridgehead atoms. The van der Waals surface area contributed by atoms with Crippen LogP contribution in [0.5, 0.6) is 0 Å². The number of aromatic nitrogens is 1. The van der Waals surface area contributed by atoms with Crippen molar-refractivity contribution in [2.24, 2.45) is 5.92 Å². The van der Waals surface area contributed by atoms with Crippen LogP contribution in [-0.4, -0.2) is 40.0 Å². The lowest BCUT2D eigenvalue weighted by molar-refractivity contribution is -0.384. The normalized spacial score (nSPS) is 17.6. The van der Waals surface area contributed by atoms with Gasteiger partial charge in [0.25, 0.3) is 11.6 Å². The van der Waals surface area contributed by atoms with Gasteiger partial charge in [0.05, 0.1) is 23.3 Å². The van der Waals surface area contributed by atoms with Crippen molar-refractivity contribution in [3.05, 3.63) is 74.2 Å². The minimum Gasteiger partial charge on any atom is -0.462 e. The highest BCUT2D eigenvalue weighted by atomic mass is 32.1. The predicted molar refractivity (Wildman–Crippen MR) is 122 cm³/mol. The first-order chi connectivity index (χ1) is 16.6. The molecule has 2 aromatic heterocycles. The quantitative estimate of drug-likeness (QED) is 0.119. The number of carbonyl (C=O) groups is 4. The molecule has 3 aromatic rings. The van der Waals surface area contributed by atoms with Crippen LogP contribution in [-0.2, 0) is 14.3 Å². The summed E-state index contributed by atoms with van der Waals surface area (Å²) < 4.78 is 10.4. The molecule has 1 fully saturated rings. The molecule has 1 saturated heterocycles. The van der Waals surface area contributed by atoms with Crippen molar-refractivity contribution in [2.45, 2.75) is 26.8 Å². The number of nitrogens with zero attached hydrogens (tertiary/aromatic N) is 3. The number of thiazole rings is 1. The van der Waals surface area contributed by atoms with E-state index in [4.69, 9.17) is 9.15 Å². The molecular formula is C23H19N3O8S. The number of non-ortho nitro benzene ring substituents is 1. The van der Waals surface area contributed by atoms with E-state index in [-0.39, 0.29) is 39.3 Å². The zero-order valence-electron chi connectivity index (χ0n) is 18.8. The molecule has 0 saturated carbocycles. The SMILES string of the molecule is CCOC(=O)c1sc(N2C(=O)C(=O)C(C(=O)c3ccc(C)o3)C2c2cccc([N+](=O)[O-])c2)nc1C. The Hall–Kier alpha value is -4.19. The van der Waals surface area contributed by atoms with Gasteiger partial charge in [-0.3, -0.25) is 29.4 Å². The lowest BCUT2D eigenvalue weighted by Crippen LogP contribution is -2.30. The van der Waals surface area contributed by atoms with E-state index in [9.17, 15) is 29.3 Å². The summed E-state index contributed by atoms with van der Waals surface area (Å²) in [6.07, 6.45) is 0. The Morgan fingerprint density at radius 3 is 2.60 bits per heavy atom. The number of nitro benzene ring substituents is 1. The van der Waals surface area contributed by atoms with Crippen LogP contribution in [0.25, 0.3) is 0 Å². The van der Waals surface area contributed by atoms with Gasteiger partial charge in [0.1, 0.15) is 16.6 Å². The third-order valence-corrected chi connectivity index (χ3v) is 6.58. The van der Waals surface area contributed by atoms with Gasteiger partial charge < -0.3 is 9.15 Å². The van der Waals surface area contributed by atoms with E-state index >= 15 is 0 Å². The number of nitro groups is 1. The molecule has 180 valence electrons. The van der Waals surface area contributed by atoms with Gasteiger partial charge in [0.15, 0.2) is 10.9 Å². The monoisotopic (exact) mass is 497 g/mol. The average molecular weight is 497 g/mol. The van der Waals surface area contributed by atoms with E-state index < -0.39 is 40.3 Å². The lowest BCUT2D eigenvalue weighted by atomic mass is 9.88. The number of benzene rings is 1. The maximum Gasteiger partial charge on any atom is 0.350 e. The highest BCUT2D eigenvalue weighted by Crippen LogP contribution is 2.43. The fourth-order valence-electron chi connectivity index (χ4n) is 3.89. The second kappa shape index (κ2) is 9.22. The zero-order valence-corrected chi connectivity index (χ0v) is 19.7. The van der Waals surface area contributed by atoms with Crippen molar-refractivity contribution in [2.75, 3.05) is 11.5 Å². The molecule has 35 heavy (non-hydrogen) atoms. The first-order valence-corrected chi connectivity index (χ1v) is 11.3. The standard InChI is InChI=1S/C23H19N3O8S/c1-4-33-22(30)20-12(3)24-23(35-20)25-17(13-6-5-7-14(10-13)26(31)32)16(19(28)21(25)29)18(27)15-9-8-11(2)34-15/h5-10,16-17H,4H2,1-3H3. The molecule has 1 aliphatic rings. The van der Waals surface area contributed by atoms with Crippen LogP contribution in [0.2, 0.25) is 0 Å². The van der Waals surface area contributed by atoms with E-state index in [0.717, 1.165) is 16.2 Å². The highest BCUT2D eigenvalue weighted by molar-refractivity contribution is 7.17. The number of amides is 1. The maximum absolute atomic E-state index is 13.3. The van der Waals surface area contributed by atoms with Gasteiger partial charge in [0.2, 0.25) is 11.6 Å². The molecule has 2 unspecified atom stereocenters. The van der Waals surface area contributed by atoms with Gasteiger partial charge in [-0.1, -0.05) is 23.5 Å². The Balaban J connectivity index is 1.87. The van der Waals surface area contributed by atoms with Crippen LogP contribution in [0.15, 0.2) is 40.8 Å². The third kappa shape index (κ3) is 4.23. The summed E-state index contributed by atoms with van der Waals surface area (Å²) >= 11 is 0.832. The summed E-state index contributed by atoms with van der Waals surface area (Å²) in [6.45, 7) is 4.94. The van der Waals surface area contributed by atoms with Crippen molar-refractivity contribution in [3.8, 4) is 0 Å². The molecule has 12 heteroatoms. The molecule has 1 amide bonds. The van der Waals surface area contributed by atoms with Gasteiger partial charge >= 0.3 is 5.97 Å². The van der Waals surface area contributed by atoms with Gasteiger partial charge in [-0.25, -0.2) is 9.78 Å². The molecule has 1 aromatic carbocycles. The molecule has 0 spiro atoms. The molecule has 11 nitrogen and oxygen atoms in total. The molecule has 4 rings (SSSR count).